The maximum Gasteiger partial charge on any atom is 0.135 e. The monoisotopic (exact) mass is 275 g/mol. The van der Waals surface area contributed by atoms with Gasteiger partial charge in [0.2, 0.25) is 0 Å². The Hall–Kier alpha value is -1.84. The van der Waals surface area contributed by atoms with Crippen molar-refractivity contribution in [2.45, 2.75) is 6.54 Å². The summed E-state index contributed by atoms with van der Waals surface area (Å²) in [7, 11) is 0. The fourth-order valence-electron chi connectivity index (χ4n) is 2.10. The zero-order valence-corrected chi connectivity index (χ0v) is 10.7. The molecule has 0 radical (unpaired) electrons. The average Bonchev–Trinajstić information content (AvgIpc) is 2.81. The van der Waals surface area contributed by atoms with Crippen LogP contribution in [0.25, 0.3) is 22.3 Å². The van der Waals surface area contributed by atoms with E-state index >= 15 is 0 Å². The van der Waals surface area contributed by atoms with E-state index < -0.39 is 0 Å². The molecule has 3 rings (SSSR count). The van der Waals surface area contributed by atoms with Crippen LogP contribution < -0.4 is 5.73 Å². The van der Waals surface area contributed by atoms with E-state index in [2.05, 4.69) is 0 Å². The molecule has 0 saturated carbocycles. The summed E-state index contributed by atoms with van der Waals surface area (Å²) < 4.78 is 18.9. The van der Waals surface area contributed by atoms with Crippen LogP contribution in [0.15, 0.2) is 46.9 Å². The van der Waals surface area contributed by atoms with Crippen LogP contribution in [-0.4, -0.2) is 0 Å². The Labute approximate surface area is 114 Å². The van der Waals surface area contributed by atoms with Gasteiger partial charge >= 0.3 is 0 Å². The van der Waals surface area contributed by atoms with E-state index in [1.807, 2.05) is 6.07 Å². The van der Waals surface area contributed by atoms with E-state index in [9.17, 15) is 4.39 Å². The van der Waals surface area contributed by atoms with Gasteiger partial charge in [-0.15, -0.1) is 0 Å². The molecular formula is C15H11ClFNO. The van der Waals surface area contributed by atoms with Crippen molar-refractivity contribution in [1.29, 1.82) is 0 Å². The number of nitrogens with two attached hydrogens (primary N) is 1. The molecule has 3 aromatic rings. The predicted octanol–water partition coefficient (Wildman–Crippen LogP) is 4.35. The van der Waals surface area contributed by atoms with Gasteiger partial charge in [0.15, 0.2) is 0 Å². The van der Waals surface area contributed by atoms with Crippen LogP contribution in [0.5, 0.6) is 0 Å². The van der Waals surface area contributed by atoms with Crippen LogP contribution in [0, 0.1) is 5.82 Å². The van der Waals surface area contributed by atoms with Gasteiger partial charge in [-0.1, -0.05) is 17.7 Å². The van der Waals surface area contributed by atoms with Gasteiger partial charge in [0.05, 0.1) is 0 Å². The Balaban J connectivity index is 2.21. The standard InChI is InChI=1S/C15H11ClFNO/c16-11-2-1-9(8-18)13(7-11)15-6-10-5-12(17)3-4-14(10)19-15/h1-7H,8,18H2. The summed E-state index contributed by atoms with van der Waals surface area (Å²) in [5.41, 5.74) is 8.12. The first-order valence-electron chi connectivity index (χ1n) is 5.85. The minimum absolute atomic E-state index is 0.287. The van der Waals surface area contributed by atoms with Crippen molar-refractivity contribution in [3.05, 3.63) is 58.9 Å². The summed E-state index contributed by atoms with van der Waals surface area (Å²) in [6, 6.07) is 11.7. The van der Waals surface area contributed by atoms with E-state index in [-0.39, 0.29) is 5.82 Å². The number of fused-ring (bicyclic) bond motifs is 1. The van der Waals surface area contributed by atoms with Crippen LogP contribution in [0.4, 0.5) is 4.39 Å². The van der Waals surface area contributed by atoms with Crippen LogP contribution in [-0.2, 0) is 6.54 Å². The molecular weight excluding hydrogens is 265 g/mol. The molecule has 0 amide bonds. The maximum atomic E-state index is 13.2. The summed E-state index contributed by atoms with van der Waals surface area (Å²) in [4.78, 5) is 0. The number of hydrogen-bond donors (Lipinski definition) is 1. The summed E-state index contributed by atoms with van der Waals surface area (Å²) in [5.74, 6) is 0.355. The minimum Gasteiger partial charge on any atom is -0.456 e. The molecule has 19 heavy (non-hydrogen) atoms. The van der Waals surface area contributed by atoms with Gasteiger partial charge in [0.1, 0.15) is 17.2 Å². The van der Waals surface area contributed by atoms with Gasteiger partial charge in [-0.05, 0) is 42.0 Å². The molecule has 0 atom stereocenters. The van der Waals surface area contributed by atoms with E-state index in [1.54, 1.807) is 24.3 Å². The van der Waals surface area contributed by atoms with Gasteiger partial charge in [0.25, 0.3) is 0 Å². The second kappa shape index (κ2) is 4.68. The molecule has 0 aliphatic carbocycles. The van der Waals surface area contributed by atoms with Crippen LogP contribution in [0.1, 0.15) is 5.56 Å². The zero-order valence-electron chi connectivity index (χ0n) is 9.99. The quantitative estimate of drug-likeness (QED) is 0.755. The summed E-state index contributed by atoms with van der Waals surface area (Å²) in [5, 5.41) is 1.33. The number of rotatable bonds is 2. The molecule has 1 aromatic heterocycles. The Kier molecular flexibility index (Phi) is 3.01. The normalized spacial score (nSPS) is 11.1. The molecule has 4 heteroatoms. The molecule has 0 saturated heterocycles. The lowest BCUT2D eigenvalue weighted by molar-refractivity contribution is 0.618. The molecule has 2 nitrogen and oxygen atoms in total. The van der Waals surface area contributed by atoms with Crippen molar-refractivity contribution < 1.29 is 8.81 Å². The zero-order chi connectivity index (χ0) is 13.4. The van der Waals surface area contributed by atoms with Gasteiger partial charge < -0.3 is 10.2 Å². The predicted molar refractivity (Wildman–Crippen MR) is 74.5 cm³/mol. The maximum absolute atomic E-state index is 13.2. The third-order valence-corrected chi connectivity index (χ3v) is 3.27. The number of halogens is 2. The Morgan fingerprint density at radius 2 is 1.95 bits per heavy atom. The fourth-order valence-corrected chi connectivity index (χ4v) is 2.28. The SMILES string of the molecule is NCc1ccc(Cl)cc1-c1cc2cc(F)ccc2o1. The van der Waals surface area contributed by atoms with Crippen LogP contribution in [0.3, 0.4) is 0 Å². The Morgan fingerprint density at radius 1 is 1.11 bits per heavy atom. The molecule has 0 fully saturated rings. The second-order valence-electron chi connectivity index (χ2n) is 4.30. The molecule has 0 spiro atoms. The van der Waals surface area contributed by atoms with Gasteiger partial charge in [-0.2, -0.15) is 0 Å². The summed E-state index contributed by atoms with van der Waals surface area (Å²) >= 11 is 6.01. The first kappa shape index (κ1) is 12.2. The van der Waals surface area contributed by atoms with Gasteiger partial charge in [-0.25, -0.2) is 4.39 Å². The minimum atomic E-state index is -0.287. The van der Waals surface area contributed by atoms with E-state index in [0.29, 0.717) is 22.9 Å². The van der Waals surface area contributed by atoms with Crippen molar-refractivity contribution in [3.63, 3.8) is 0 Å². The summed E-state index contributed by atoms with van der Waals surface area (Å²) in [6.07, 6.45) is 0. The number of furan rings is 1. The molecule has 96 valence electrons. The molecule has 0 bridgehead atoms. The highest BCUT2D eigenvalue weighted by Gasteiger charge is 2.11. The molecule has 0 unspecified atom stereocenters. The lowest BCUT2D eigenvalue weighted by Gasteiger charge is -2.05. The van der Waals surface area contributed by atoms with Crippen LogP contribution >= 0.6 is 11.6 Å². The lowest BCUT2D eigenvalue weighted by atomic mass is 10.1. The van der Waals surface area contributed by atoms with E-state index in [1.165, 1.54) is 12.1 Å². The van der Waals surface area contributed by atoms with Crippen LogP contribution in [0.2, 0.25) is 5.02 Å². The van der Waals surface area contributed by atoms with E-state index in [0.717, 1.165) is 16.5 Å². The molecule has 2 N–H and O–H groups in total. The Morgan fingerprint density at radius 3 is 2.74 bits per heavy atom. The van der Waals surface area contributed by atoms with Crippen molar-refractivity contribution in [3.8, 4) is 11.3 Å². The first-order chi connectivity index (χ1) is 9.17. The summed E-state index contributed by atoms with van der Waals surface area (Å²) in [6.45, 7) is 0.387. The highest BCUT2D eigenvalue weighted by atomic mass is 35.5. The van der Waals surface area contributed by atoms with Gasteiger partial charge in [-0.3, -0.25) is 0 Å². The molecule has 0 aliphatic heterocycles. The first-order valence-corrected chi connectivity index (χ1v) is 6.23. The number of benzene rings is 2. The highest BCUT2D eigenvalue weighted by Crippen LogP contribution is 2.32. The average molecular weight is 276 g/mol. The van der Waals surface area contributed by atoms with Crippen molar-refractivity contribution >= 4 is 22.6 Å². The third-order valence-electron chi connectivity index (χ3n) is 3.04. The Bertz CT molecular complexity index is 751. The van der Waals surface area contributed by atoms with E-state index in [4.69, 9.17) is 21.8 Å². The highest BCUT2D eigenvalue weighted by molar-refractivity contribution is 6.30. The fraction of sp³-hybridized carbons (Fsp3) is 0.0667. The smallest absolute Gasteiger partial charge is 0.135 e. The molecule has 1 heterocycles. The molecule has 2 aromatic carbocycles. The van der Waals surface area contributed by atoms with Crippen molar-refractivity contribution in [1.82, 2.24) is 0 Å². The molecule has 0 aliphatic rings. The third kappa shape index (κ3) is 2.23. The topological polar surface area (TPSA) is 39.2 Å². The van der Waals surface area contributed by atoms with Gasteiger partial charge in [0, 0.05) is 22.5 Å². The number of hydrogen-bond acceptors (Lipinski definition) is 2. The second-order valence-corrected chi connectivity index (χ2v) is 4.73. The van der Waals surface area contributed by atoms with Crippen molar-refractivity contribution in [2.24, 2.45) is 5.73 Å². The lowest BCUT2D eigenvalue weighted by Crippen LogP contribution is -1.98. The largest absolute Gasteiger partial charge is 0.456 e. The van der Waals surface area contributed by atoms with Crippen molar-refractivity contribution in [2.75, 3.05) is 0 Å².